The number of benzene rings is 2. The van der Waals surface area contributed by atoms with Crippen LogP contribution in [0.2, 0.25) is 0 Å². The molecule has 0 saturated heterocycles. The number of nitrogens with one attached hydrogen (secondary N) is 1. The first kappa shape index (κ1) is 19.4. The average molecular weight is 359 g/mol. The van der Waals surface area contributed by atoms with Gasteiger partial charge in [0.25, 0.3) is 5.91 Å². The van der Waals surface area contributed by atoms with Gasteiger partial charge in [-0.25, -0.2) is 0 Å². The highest BCUT2D eigenvalue weighted by molar-refractivity contribution is 5.80. The van der Waals surface area contributed by atoms with Gasteiger partial charge >= 0.3 is 0 Å². The molecule has 0 aliphatic carbocycles. The molecule has 1 N–H and O–H groups in total. The van der Waals surface area contributed by atoms with E-state index in [4.69, 9.17) is 18.9 Å². The van der Waals surface area contributed by atoms with Crippen LogP contribution < -0.4 is 24.3 Å². The van der Waals surface area contributed by atoms with Gasteiger partial charge in [0, 0.05) is 12.1 Å². The number of ether oxygens (including phenoxy) is 4. The number of rotatable bonds is 8. The Balaban J connectivity index is 2.03. The Kier molecular flexibility index (Phi) is 6.72. The van der Waals surface area contributed by atoms with Crippen LogP contribution in [0.25, 0.3) is 0 Å². The van der Waals surface area contributed by atoms with Crippen molar-refractivity contribution < 1.29 is 23.7 Å². The van der Waals surface area contributed by atoms with Crippen LogP contribution in [0, 0.1) is 6.92 Å². The van der Waals surface area contributed by atoms with Gasteiger partial charge in [0.15, 0.2) is 17.6 Å². The summed E-state index contributed by atoms with van der Waals surface area (Å²) < 4.78 is 21.7. The Bertz CT molecular complexity index is 743. The maximum absolute atomic E-state index is 12.3. The van der Waals surface area contributed by atoms with E-state index in [1.165, 1.54) is 0 Å². The van der Waals surface area contributed by atoms with E-state index >= 15 is 0 Å². The Morgan fingerprint density at radius 2 is 1.62 bits per heavy atom. The van der Waals surface area contributed by atoms with Crippen molar-refractivity contribution in [1.82, 2.24) is 5.32 Å². The molecule has 0 spiro atoms. The van der Waals surface area contributed by atoms with Crippen LogP contribution in [0.15, 0.2) is 36.4 Å². The molecule has 0 bridgehead atoms. The van der Waals surface area contributed by atoms with E-state index in [0.717, 1.165) is 11.1 Å². The van der Waals surface area contributed by atoms with Gasteiger partial charge in [-0.3, -0.25) is 4.79 Å². The Morgan fingerprint density at radius 3 is 2.19 bits per heavy atom. The van der Waals surface area contributed by atoms with E-state index in [1.54, 1.807) is 34.3 Å². The van der Waals surface area contributed by atoms with Crippen LogP contribution >= 0.6 is 0 Å². The average Bonchev–Trinajstić information content (AvgIpc) is 2.66. The van der Waals surface area contributed by atoms with Gasteiger partial charge in [0.05, 0.1) is 21.3 Å². The van der Waals surface area contributed by atoms with Gasteiger partial charge in [-0.05, 0) is 38.1 Å². The number of amides is 1. The van der Waals surface area contributed by atoms with E-state index in [2.05, 4.69) is 5.32 Å². The molecule has 0 heterocycles. The van der Waals surface area contributed by atoms with Crippen molar-refractivity contribution in [3.63, 3.8) is 0 Å². The molecule has 2 aromatic carbocycles. The van der Waals surface area contributed by atoms with Crippen molar-refractivity contribution >= 4 is 5.91 Å². The van der Waals surface area contributed by atoms with Crippen molar-refractivity contribution in [2.24, 2.45) is 0 Å². The first-order valence-corrected chi connectivity index (χ1v) is 8.29. The molecule has 2 rings (SSSR count). The number of carbonyl (C=O) groups is 1. The SMILES string of the molecule is COc1ccc(CNC(=O)C(C)Oc2ccc(C)cc2)c(OC)c1OC. The van der Waals surface area contributed by atoms with Gasteiger partial charge < -0.3 is 24.3 Å². The van der Waals surface area contributed by atoms with E-state index in [9.17, 15) is 4.79 Å². The first-order valence-electron chi connectivity index (χ1n) is 8.29. The third kappa shape index (κ3) is 4.59. The summed E-state index contributed by atoms with van der Waals surface area (Å²) in [5.74, 6) is 2.02. The van der Waals surface area contributed by atoms with Crippen LogP contribution in [0.3, 0.4) is 0 Å². The quantitative estimate of drug-likeness (QED) is 0.784. The molecule has 26 heavy (non-hydrogen) atoms. The minimum atomic E-state index is -0.621. The summed E-state index contributed by atoms with van der Waals surface area (Å²) in [5.41, 5.74) is 1.91. The standard InChI is InChI=1S/C20H25NO5/c1-13-6-9-16(10-7-13)26-14(2)20(22)21-12-15-8-11-17(23-3)19(25-5)18(15)24-4/h6-11,14H,12H2,1-5H3,(H,21,22). The summed E-state index contributed by atoms with van der Waals surface area (Å²) in [6.07, 6.45) is -0.621. The topological polar surface area (TPSA) is 66.0 Å². The van der Waals surface area contributed by atoms with E-state index in [-0.39, 0.29) is 12.5 Å². The van der Waals surface area contributed by atoms with Crippen LogP contribution in [-0.4, -0.2) is 33.3 Å². The third-order valence-electron chi connectivity index (χ3n) is 3.94. The molecule has 6 nitrogen and oxygen atoms in total. The zero-order valence-electron chi connectivity index (χ0n) is 15.8. The lowest BCUT2D eigenvalue weighted by molar-refractivity contribution is -0.127. The molecule has 1 atom stereocenters. The van der Waals surface area contributed by atoms with Crippen LogP contribution in [0.5, 0.6) is 23.0 Å². The van der Waals surface area contributed by atoms with Gasteiger partial charge in [-0.1, -0.05) is 17.7 Å². The zero-order chi connectivity index (χ0) is 19.1. The van der Waals surface area contributed by atoms with Gasteiger partial charge in [-0.15, -0.1) is 0 Å². The van der Waals surface area contributed by atoms with Crippen molar-refractivity contribution in [1.29, 1.82) is 0 Å². The van der Waals surface area contributed by atoms with Crippen LogP contribution in [0.1, 0.15) is 18.1 Å². The fourth-order valence-electron chi connectivity index (χ4n) is 2.50. The summed E-state index contributed by atoms with van der Waals surface area (Å²) in [5, 5.41) is 2.85. The number of aryl methyl sites for hydroxylation is 1. The summed E-state index contributed by atoms with van der Waals surface area (Å²) >= 11 is 0. The molecule has 1 amide bonds. The molecule has 0 aliphatic rings. The summed E-state index contributed by atoms with van der Waals surface area (Å²) in [7, 11) is 4.65. The Hall–Kier alpha value is -2.89. The molecule has 2 aromatic rings. The fourth-order valence-corrected chi connectivity index (χ4v) is 2.50. The molecular formula is C20H25NO5. The second kappa shape index (κ2) is 8.99. The predicted octanol–water partition coefficient (Wildman–Crippen LogP) is 3.10. The second-order valence-corrected chi connectivity index (χ2v) is 5.78. The minimum absolute atomic E-state index is 0.220. The van der Waals surface area contributed by atoms with Crippen molar-refractivity contribution in [2.45, 2.75) is 26.5 Å². The molecule has 0 aromatic heterocycles. The largest absolute Gasteiger partial charge is 0.493 e. The maximum atomic E-state index is 12.3. The highest BCUT2D eigenvalue weighted by Crippen LogP contribution is 2.39. The second-order valence-electron chi connectivity index (χ2n) is 5.78. The minimum Gasteiger partial charge on any atom is -0.493 e. The van der Waals surface area contributed by atoms with E-state index < -0.39 is 6.10 Å². The van der Waals surface area contributed by atoms with E-state index in [1.807, 2.05) is 37.3 Å². The molecule has 0 fully saturated rings. The lowest BCUT2D eigenvalue weighted by atomic mass is 10.1. The summed E-state index contributed by atoms with van der Waals surface area (Å²) in [6.45, 7) is 3.99. The lowest BCUT2D eigenvalue weighted by Gasteiger charge is -2.18. The normalized spacial score (nSPS) is 11.4. The van der Waals surface area contributed by atoms with Crippen molar-refractivity contribution in [3.8, 4) is 23.0 Å². The van der Waals surface area contributed by atoms with Crippen molar-refractivity contribution in [3.05, 3.63) is 47.5 Å². The third-order valence-corrected chi connectivity index (χ3v) is 3.94. The maximum Gasteiger partial charge on any atom is 0.261 e. The Labute approximate surface area is 154 Å². The molecule has 0 radical (unpaired) electrons. The van der Waals surface area contributed by atoms with Gasteiger partial charge in [-0.2, -0.15) is 0 Å². The zero-order valence-corrected chi connectivity index (χ0v) is 15.8. The summed E-state index contributed by atoms with van der Waals surface area (Å²) in [6, 6.07) is 11.2. The number of methoxy groups -OCH3 is 3. The van der Waals surface area contributed by atoms with Crippen molar-refractivity contribution in [2.75, 3.05) is 21.3 Å². The lowest BCUT2D eigenvalue weighted by Crippen LogP contribution is -2.36. The molecule has 0 aliphatic heterocycles. The highest BCUT2D eigenvalue weighted by Gasteiger charge is 2.18. The molecular weight excluding hydrogens is 334 g/mol. The summed E-state index contributed by atoms with van der Waals surface area (Å²) in [4.78, 5) is 12.3. The molecule has 1 unspecified atom stereocenters. The van der Waals surface area contributed by atoms with E-state index in [0.29, 0.717) is 23.0 Å². The fraction of sp³-hybridized carbons (Fsp3) is 0.350. The van der Waals surface area contributed by atoms with Crippen LogP contribution in [-0.2, 0) is 11.3 Å². The highest BCUT2D eigenvalue weighted by atomic mass is 16.5. The predicted molar refractivity (Wildman–Crippen MR) is 99.2 cm³/mol. The molecule has 140 valence electrons. The molecule has 6 heteroatoms. The Morgan fingerprint density at radius 1 is 0.962 bits per heavy atom. The number of hydrogen-bond acceptors (Lipinski definition) is 5. The van der Waals surface area contributed by atoms with Crippen LogP contribution in [0.4, 0.5) is 0 Å². The number of carbonyl (C=O) groups excluding carboxylic acids is 1. The number of hydrogen-bond donors (Lipinski definition) is 1. The first-order chi connectivity index (χ1) is 12.5. The molecule has 0 saturated carbocycles. The van der Waals surface area contributed by atoms with Gasteiger partial charge in [0.1, 0.15) is 5.75 Å². The monoisotopic (exact) mass is 359 g/mol. The van der Waals surface area contributed by atoms with Gasteiger partial charge in [0.2, 0.25) is 5.75 Å². The smallest absolute Gasteiger partial charge is 0.261 e.